The molecular formula is C16H31ClN2O. The molecule has 1 aliphatic carbocycles. The summed E-state index contributed by atoms with van der Waals surface area (Å²) in [4.78, 5) is 14.7. The van der Waals surface area contributed by atoms with Crippen LogP contribution in [0.15, 0.2) is 0 Å². The molecular weight excluding hydrogens is 272 g/mol. The third kappa shape index (κ3) is 4.36. The molecule has 1 amide bonds. The topological polar surface area (TPSA) is 32.3 Å². The molecule has 0 radical (unpaired) electrons. The van der Waals surface area contributed by atoms with Crippen LogP contribution < -0.4 is 5.32 Å². The minimum atomic E-state index is 0. The zero-order valence-electron chi connectivity index (χ0n) is 13.2. The van der Waals surface area contributed by atoms with Crippen LogP contribution in [0, 0.1) is 11.8 Å². The molecule has 0 aromatic carbocycles. The summed E-state index contributed by atoms with van der Waals surface area (Å²) in [6, 6.07) is 0.888. The second-order valence-electron chi connectivity index (χ2n) is 6.77. The van der Waals surface area contributed by atoms with E-state index in [1.165, 1.54) is 32.1 Å². The Bertz CT molecular complexity index is 299. The number of nitrogens with zero attached hydrogens (tertiary/aromatic N) is 1. The van der Waals surface area contributed by atoms with Crippen LogP contribution in [0.3, 0.4) is 0 Å². The summed E-state index contributed by atoms with van der Waals surface area (Å²) in [5.41, 5.74) is 0. The average molecular weight is 303 g/mol. The first kappa shape index (κ1) is 17.8. The lowest BCUT2D eigenvalue weighted by Crippen LogP contribution is -2.49. The number of rotatable bonds is 5. The fraction of sp³-hybridized carbons (Fsp3) is 0.938. The van der Waals surface area contributed by atoms with Crippen LogP contribution in [0.2, 0.25) is 0 Å². The lowest BCUT2D eigenvalue weighted by molar-refractivity contribution is -0.138. The summed E-state index contributed by atoms with van der Waals surface area (Å²) < 4.78 is 0. The largest absolute Gasteiger partial charge is 0.337 e. The predicted octanol–water partition coefficient (Wildman–Crippen LogP) is 3.22. The monoisotopic (exact) mass is 302 g/mol. The molecule has 4 heteroatoms. The third-order valence-corrected chi connectivity index (χ3v) is 4.95. The van der Waals surface area contributed by atoms with E-state index in [1.54, 1.807) is 0 Å². The number of amides is 1. The summed E-state index contributed by atoms with van der Waals surface area (Å²) in [5, 5.41) is 3.46. The highest BCUT2D eigenvalue weighted by atomic mass is 35.5. The fourth-order valence-electron chi connectivity index (χ4n) is 3.49. The van der Waals surface area contributed by atoms with E-state index in [-0.39, 0.29) is 12.4 Å². The highest BCUT2D eigenvalue weighted by molar-refractivity contribution is 5.85. The van der Waals surface area contributed by atoms with Crippen molar-refractivity contribution in [3.8, 4) is 0 Å². The zero-order valence-corrected chi connectivity index (χ0v) is 14.0. The van der Waals surface area contributed by atoms with E-state index < -0.39 is 0 Å². The van der Waals surface area contributed by atoms with Gasteiger partial charge >= 0.3 is 0 Å². The Morgan fingerprint density at radius 3 is 2.35 bits per heavy atom. The van der Waals surface area contributed by atoms with Crippen LogP contribution in [0.25, 0.3) is 0 Å². The quantitative estimate of drug-likeness (QED) is 0.845. The normalized spacial score (nSPS) is 24.7. The van der Waals surface area contributed by atoms with Gasteiger partial charge in [0.15, 0.2) is 0 Å². The van der Waals surface area contributed by atoms with Gasteiger partial charge in [-0.15, -0.1) is 12.4 Å². The Balaban J connectivity index is 0.00000200. The highest BCUT2D eigenvalue weighted by Crippen LogP contribution is 2.29. The van der Waals surface area contributed by atoms with Gasteiger partial charge in [-0.2, -0.15) is 0 Å². The first-order valence-corrected chi connectivity index (χ1v) is 8.11. The van der Waals surface area contributed by atoms with Crippen LogP contribution in [0.1, 0.15) is 59.3 Å². The van der Waals surface area contributed by atoms with E-state index in [1.807, 2.05) is 0 Å². The molecule has 1 heterocycles. The smallest absolute Gasteiger partial charge is 0.223 e. The molecule has 3 nitrogen and oxygen atoms in total. The van der Waals surface area contributed by atoms with Crippen molar-refractivity contribution in [1.29, 1.82) is 0 Å². The minimum Gasteiger partial charge on any atom is -0.337 e. The minimum absolute atomic E-state index is 0. The molecule has 0 aromatic rings. The van der Waals surface area contributed by atoms with Gasteiger partial charge in [0.1, 0.15) is 0 Å². The maximum Gasteiger partial charge on any atom is 0.223 e. The van der Waals surface area contributed by atoms with Crippen LogP contribution in [0.5, 0.6) is 0 Å². The van der Waals surface area contributed by atoms with Crippen molar-refractivity contribution in [2.24, 2.45) is 11.8 Å². The van der Waals surface area contributed by atoms with Crippen LogP contribution in [-0.4, -0.2) is 36.0 Å². The maximum atomic E-state index is 12.6. The fourth-order valence-corrected chi connectivity index (χ4v) is 3.49. The molecule has 1 N–H and O–H groups in total. The molecule has 2 atom stereocenters. The van der Waals surface area contributed by atoms with Crippen LogP contribution in [-0.2, 0) is 4.79 Å². The third-order valence-electron chi connectivity index (χ3n) is 4.95. The molecule has 118 valence electrons. The number of hydrogen-bond acceptors (Lipinski definition) is 2. The Morgan fingerprint density at radius 2 is 1.90 bits per heavy atom. The number of halogens is 1. The summed E-state index contributed by atoms with van der Waals surface area (Å²) in [6.45, 7) is 8.82. The standard InChI is InChI=1S/C16H30N2O.ClH/c1-12(2)18(15-7-4-8-15)16(19)10-13(3)14-6-5-9-17-11-14;/h12-15,17H,4-11H2,1-3H3;1H. The number of carbonyl (C=O) groups excluding carboxylic acids is 1. The molecule has 2 aliphatic rings. The van der Waals surface area contributed by atoms with Crippen molar-refractivity contribution in [2.75, 3.05) is 13.1 Å². The van der Waals surface area contributed by atoms with Crippen molar-refractivity contribution < 1.29 is 4.79 Å². The van der Waals surface area contributed by atoms with E-state index in [2.05, 4.69) is 31.0 Å². The second kappa shape index (κ2) is 8.23. The molecule has 0 bridgehead atoms. The summed E-state index contributed by atoms with van der Waals surface area (Å²) >= 11 is 0. The second-order valence-corrected chi connectivity index (χ2v) is 6.77. The van der Waals surface area contributed by atoms with Crippen LogP contribution >= 0.6 is 12.4 Å². The van der Waals surface area contributed by atoms with Crippen LogP contribution in [0.4, 0.5) is 0 Å². The van der Waals surface area contributed by atoms with E-state index in [0.717, 1.165) is 19.5 Å². The Morgan fingerprint density at radius 1 is 1.20 bits per heavy atom. The van der Waals surface area contributed by atoms with Crippen molar-refractivity contribution in [3.63, 3.8) is 0 Å². The van der Waals surface area contributed by atoms with Gasteiger partial charge in [0.25, 0.3) is 0 Å². The van der Waals surface area contributed by atoms with Gasteiger partial charge in [-0.1, -0.05) is 6.92 Å². The highest BCUT2D eigenvalue weighted by Gasteiger charge is 2.32. The van der Waals surface area contributed by atoms with Gasteiger partial charge in [0.05, 0.1) is 0 Å². The van der Waals surface area contributed by atoms with Gasteiger partial charge in [0.2, 0.25) is 5.91 Å². The lowest BCUT2D eigenvalue weighted by Gasteiger charge is -2.41. The van der Waals surface area contributed by atoms with Crippen molar-refractivity contribution in [2.45, 2.75) is 71.4 Å². The number of nitrogens with one attached hydrogen (secondary N) is 1. The van der Waals surface area contributed by atoms with Crippen molar-refractivity contribution in [1.82, 2.24) is 10.2 Å². The molecule has 2 rings (SSSR count). The summed E-state index contributed by atoms with van der Waals surface area (Å²) in [7, 11) is 0. The van der Waals surface area contributed by atoms with Gasteiger partial charge in [-0.05, 0) is 70.9 Å². The van der Waals surface area contributed by atoms with E-state index in [0.29, 0.717) is 29.8 Å². The van der Waals surface area contributed by atoms with Gasteiger partial charge < -0.3 is 10.2 Å². The first-order valence-electron chi connectivity index (χ1n) is 8.11. The van der Waals surface area contributed by atoms with Gasteiger partial charge in [0, 0.05) is 18.5 Å². The number of piperidine rings is 1. The molecule has 0 aromatic heterocycles. The molecule has 0 spiro atoms. The number of carbonyl (C=O) groups is 1. The molecule has 2 fully saturated rings. The zero-order chi connectivity index (χ0) is 13.8. The maximum absolute atomic E-state index is 12.6. The molecule has 20 heavy (non-hydrogen) atoms. The first-order chi connectivity index (χ1) is 9.09. The Hall–Kier alpha value is -0.280. The summed E-state index contributed by atoms with van der Waals surface area (Å²) in [5.74, 6) is 1.59. The number of hydrogen-bond donors (Lipinski definition) is 1. The van der Waals surface area contributed by atoms with E-state index in [9.17, 15) is 4.79 Å². The molecule has 1 saturated heterocycles. The van der Waals surface area contributed by atoms with E-state index in [4.69, 9.17) is 0 Å². The molecule has 1 aliphatic heterocycles. The predicted molar refractivity (Wildman–Crippen MR) is 86.2 cm³/mol. The lowest BCUT2D eigenvalue weighted by atomic mass is 9.84. The average Bonchev–Trinajstić information content (AvgIpc) is 2.33. The van der Waals surface area contributed by atoms with Gasteiger partial charge in [-0.25, -0.2) is 0 Å². The Kier molecular flexibility index (Phi) is 7.32. The van der Waals surface area contributed by atoms with Gasteiger partial charge in [-0.3, -0.25) is 4.79 Å². The molecule has 1 saturated carbocycles. The van der Waals surface area contributed by atoms with Crippen molar-refractivity contribution in [3.05, 3.63) is 0 Å². The Labute approximate surface area is 130 Å². The van der Waals surface area contributed by atoms with E-state index >= 15 is 0 Å². The SMILES string of the molecule is CC(CC(=O)N(C(C)C)C1CCC1)C1CCCNC1.Cl. The van der Waals surface area contributed by atoms with Crippen molar-refractivity contribution >= 4 is 18.3 Å². The summed E-state index contributed by atoms with van der Waals surface area (Å²) in [6.07, 6.45) is 7.00. The molecule has 2 unspecified atom stereocenters.